The van der Waals surface area contributed by atoms with Crippen LogP contribution in [-0.2, 0) is 6.54 Å². The first-order valence-electron chi connectivity index (χ1n) is 5.97. The Bertz CT molecular complexity index is 324. The van der Waals surface area contributed by atoms with E-state index in [2.05, 4.69) is 11.4 Å². The van der Waals surface area contributed by atoms with Gasteiger partial charge >= 0.3 is 0 Å². The molecule has 88 valence electrons. The van der Waals surface area contributed by atoms with E-state index in [0.29, 0.717) is 12.6 Å². The lowest BCUT2D eigenvalue weighted by Crippen LogP contribution is -2.17. The van der Waals surface area contributed by atoms with Crippen molar-refractivity contribution in [2.24, 2.45) is 5.73 Å². The lowest BCUT2D eigenvalue weighted by atomic mass is 10.1. The molecule has 0 amide bonds. The van der Waals surface area contributed by atoms with E-state index in [9.17, 15) is 0 Å². The maximum atomic E-state index is 5.75. The van der Waals surface area contributed by atoms with E-state index in [4.69, 9.17) is 10.5 Å². The molecule has 3 heteroatoms. The molecule has 0 unspecified atom stereocenters. The normalized spacial score (nSPS) is 16.4. The third-order valence-electron chi connectivity index (χ3n) is 3.26. The Labute approximate surface area is 97.0 Å². The number of ether oxygens (including phenoxy) is 1. The zero-order chi connectivity index (χ0) is 11.4. The second-order valence-electron chi connectivity index (χ2n) is 4.32. The lowest BCUT2D eigenvalue weighted by Gasteiger charge is -2.19. The minimum atomic E-state index is 0.548. The van der Waals surface area contributed by atoms with Crippen LogP contribution in [0.2, 0.25) is 0 Å². The minimum Gasteiger partial charge on any atom is -0.495 e. The molecule has 3 N–H and O–H groups in total. The quantitative estimate of drug-likeness (QED) is 0.819. The molecule has 0 aliphatic heterocycles. The van der Waals surface area contributed by atoms with Crippen molar-refractivity contribution in [3.63, 3.8) is 0 Å². The van der Waals surface area contributed by atoms with Gasteiger partial charge in [0.25, 0.3) is 0 Å². The van der Waals surface area contributed by atoms with Crippen molar-refractivity contribution in [1.82, 2.24) is 0 Å². The fraction of sp³-hybridized carbons (Fsp3) is 0.538. The molecule has 0 bridgehead atoms. The van der Waals surface area contributed by atoms with Gasteiger partial charge in [0.1, 0.15) is 5.75 Å². The summed E-state index contributed by atoms with van der Waals surface area (Å²) in [6.45, 7) is 0.548. The van der Waals surface area contributed by atoms with Crippen molar-refractivity contribution in [2.45, 2.75) is 38.3 Å². The van der Waals surface area contributed by atoms with Gasteiger partial charge in [0, 0.05) is 12.6 Å². The number of rotatable bonds is 4. The highest BCUT2D eigenvalue weighted by Gasteiger charge is 2.17. The van der Waals surface area contributed by atoms with E-state index in [1.165, 1.54) is 25.7 Å². The van der Waals surface area contributed by atoms with Gasteiger partial charge in [-0.05, 0) is 24.5 Å². The summed E-state index contributed by atoms with van der Waals surface area (Å²) < 4.78 is 5.38. The van der Waals surface area contributed by atoms with Crippen LogP contribution in [-0.4, -0.2) is 13.2 Å². The number of nitrogens with two attached hydrogens (primary N) is 1. The van der Waals surface area contributed by atoms with Crippen LogP contribution in [0.15, 0.2) is 18.2 Å². The number of benzene rings is 1. The Balaban J connectivity index is 2.21. The van der Waals surface area contributed by atoms with Crippen LogP contribution in [0.5, 0.6) is 5.75 Å². The highest BCUT2D eigenvalue weighted by atomic mass is 16.5. The van der Waals surface area contributed by atoms with Crippen LogP contribution in [0.4, 0.5) is 5.69 Å². The predicted molar refractivity (Wildman–Crippen MR) is 66.8 cm³/mol. The molecule has 1 aliphatic rings. The number of hydrogen-bond donors (Lipinski definition) is 2. The zero-order valence-corrected chi connectivity index (χ0v) is 9.83. The SMILES string of the molecule is COc1cccc(CN)c1NC1CCCC1. The Kier molecular flexibility index (Phi) is 3.67. The Hall–Kier alpha value is -1.22. The van der Waals surface area contributed by atoms with Crippen molar-refractivity contribution >= 4 is 5.69 Å². The maximum Gasteiger partial charge on any atom is 0.142 e. The van der Waals surface area contributed by atoms with Gasteiger partial charge in [-0.15, -0.1) is 0 Å². The summed E-state index contributed by atoms with van der Waals surface area (Å²) in [7, 11) is 1.70. The van der Waals surface area contributed by atoms with Gasteiger partial charge in [-0.25, -0.2) is 0 Å². The van der Waals surface area contributed by atoms with Crippen molar-refractivity contribution in [2.75, 3.05) is 12.4 Å². The molecule has 0 aromatic heterocycles. The van der Waals surface area contributed by atoms with E-state index in [-0.39, 0.29) is 0 Å². The Morgan fingerprint density at radius 1 is 1.38 bits per heavy atom. The molecule has 2 rings (SSSR count). The molecule has 0 heterocycles. The molecule has 3 nitrogen and oxygen atoms in total. The molecule has 0 saturated heterocycles. The molecule has 1 aromatic carbocycles. The van der Waals surface area contributed by atoms with Crippen molar-refractivity contribution in [3.8, 4) is 5.75 Å². The van der Waals surface area contributed by atoms with E-state index in [0.717, 1.165) is 17.0 Å². The van der Waals surface area contributed by atoms with Gasteiger partial charge in [0.05, 0.1) is 12.8 Å². The Morgan fingerprint density at radius 3 is 2.75 bits per heavy atom. The molecule has 0 atom stereocenters. The van der Waals surface area contributed by atoms with Crippen LogP contribution in [0, 0.1) is 0 Å². The van der Waals surface area contributed by atoms with Crippen LogP contribution in [0.3, 0.4) is 0 Å². The molecule has 1 fully saturated rings. The van der Waals surface area contributed by atoms with Crippen LogP contribution >= 0.6 is 0 Å². The monoisotopic (exact) mass is 220 g/mol. The first-order valence-corrected chi connectivity index (χ1v) is 5.97. The predicted octanol–water partition coefficient (Wildman–Crippen LogP) is 2.51. The third kappa shape index (κ3) is 2.30. The molecule has 1 aliphatic carbocycles. The standard InChI is InChI=1S/C13H20N2O/c1-16-12-8-4-5-10(9-14)13(12)15-11-6-2-3-7-11/h4-5,8,11,15H,2-3,6-7,9,14H2,1H3. The summed E-state index contributed by atoms with van der Waals surface area (Å²) in [6.07, 6.45) is 5.15. The fourth-order valence-electron chi connectivity index (χ4n) is 2.35. The summed E-state index contributed by atoms with van der Waals surface area (Å²) in [4.78, 5) is 0. The summed E-state index contributed by atoms with van der Waals surface area (Å²) in [5.41, 5.74) is 7.97. The van der Waals surface area contributed by atoms with E-state index in [1.807, 2.05) is 12.1 Å². The van der Waals surface area contributed by atoms with E-state index in [1.54, 1.807) is 7.11 Å². The number of para-hydroxylation sites is 1. The maximum absolute atomic E-state index is 5.75. The molecule has 0 spiro atoms. The van der Waals surface area contributed by atoms with Gasteiger partial charge in [0.15, 0.2) is 0 Å². The first-order chi connectivity index (χ1) is 7.85. The van der Waals surface area contributed by atoms with Crippen LogP contribution in [0.25, 0.3) is 0 Å². The molecule has 1 saturated carbocycles. The van der Waals surface area contributed by atoms with Gasteiger partial charge < -0.3 is 15.8 Å². The first kappa shape index (κ1) is 11.3. The minimum absolute atomic E-state index is 0.548. The van der Waals surface area contributed by atoms with Gasteiger partial charge in [-0.1, -0.05) is 25.0 Å². The van der Waals surface area contributed by atoms with Gasteiger partial charge in [0.2, 0.25) is 0 Å². The summed E-state index contributed by atoms with van der Waals surface area (Å²) >= 11 is 0. The van der Waals surface area contributed by atoms with Crippen LogP contribution < -0.4 is 15.8 Å². The van der Waals surface area contributed by atoms with Gasteiger partial charge in [-0.2, -0.15) is 0 Å². The second kappa shape index (κ2) is 5.21. The van der Waals surface area contributed by atoms with Crippen molar-refractivity contribution in [3.05, 3.63) is 23.8 Å². The average Bonchev–Trinajstić information content (AvgIpc) is 2.82. The highest BCUT2D eigenvalue weighted by molar-refractivity contribution is 5.62. The van der Waals surface area contributed by atoms with E-state index < -0.39 is 0 Å². The topological polar surface area (TPSA) is 47.3 Å². The number of methoxy groups -OCH3 is 1. The summed E-state index contributed by atoms with van der Waals surface area (Å²) in [5.74, 6) is 0.898. The fourth-order valence-corrected chi connectivity index (χ4v) is 2.35. The summed E-state index contributed by atoms with van der Waals surface area (Å²) in [5, 5.41) is 3.57. The number of hydrogen-bond acceptors (Lipinski definition) is 3. The van der Waals surface area contributed by atoms with Crippen molar-refractivity contribution < 1.29 is 4.74 Å². The van der Waals surface area contributed by atoms with Crippen LogP contribution in [0.1, 0.15) is 31.2 Å². The lowest BCUT2D eigenvalue weighted by molar-refractivity contribution is 0.415. The van der Waals surface area contributed by atoms with E-state index >= 15 is 0 Å². The number of anilines is 1. The smallest absolute Gasteiger partial charge is 0.142 e. The van der Waals surface area contributed by atoms with Gasteiger partial charge in [-0.3, -0.25) is 0 Å². The molecular formula is C13H20N2O. The highest BCUT2D eigenvalue weighted by Crippen LogP contribution is 2.31. The molecular weight excluding hydrogens is 200 g/mol. The van der Waals surface area contributed by atoms with Crippen molar-refractivity contribution in [1.29, 1.82) is 0 Å². The molecule has 16 heavy (non-hydrogen) atoms. The number of nitrogens with one attached hydrogen (secondary N) is 1. The zero-order valence-electron chi connectivity index (χ0n) is 9.83. The largest absolute Gasteiger partial charge is 0.495 e. The third-order valence-corrected chi connectivity index (χ3v) is 3.26. The Morgan fingerprint density at radius 2 is 2.12 bits per heavy atom. The second-order valence-corrected chi connectivity index (χ2v) is 4.32. The summed E-state index contributed by atoms with van der Waals surface area (Å²) in [6, 6.07) is 6.61. The molecule has 0 radical (unpaired) electrons. The molecule has 1 aromatic rings. The average molecular weight is 220 g/mol.